The minimum atomic E-state index is 0.542. The summed E-state index contributed by atoms with van der Waals surface area (Å²) in [4.78, 5) is 8.45. The lowest BCUT2D eigenvalue weighted by Gasteiger charge is -2.13. The second-order valence-corrected chi connectivity index (χ2v) is 9.02. The van der Waals surface area contributed by atoms with Gasteiger partial charge in [-0.3, -0.25) is 9.97 Å². The lowest BCUT2D eigenvalue weighted by molar-refractivity contribution is 1.30. The molecule has 0 spiro atoms. The topological polar surface area (TPSA) is 73.4 Å². The molecule has 6 aromatic rings. The molecule has 0 radical (unpaired) electrons. The average Bonchev–Trinajstić information content (AvgIpc) is 3.00. The summed E-state index contributed by atoms with van der Waals surface area (Å²) < 4.78 is 0. The molecule has 2 aromatic heterocycles. The van der Waals surface area contributed by atoms with Gasteiger partial charge in [0.2, 0.25) is 0 Å². The molecule has 0 aliphatic heterocycles. The van der Waals surface area contributed by atoms with E-state index in [2.05, 4.69) is 82.8 Å². The number of nitrogens with zero attached hydrogens (tertiary/aromatic N) is 4. The third kappa shape index (κ3) is 4.28. The maximum absolute atomic E-state index is 9.28. The highest BCUT2D eigenvalue weighted by Gasteiger charge is 2.11. The van der Waals surface area contributed by atoms with Crippen molar-refractivity contribution in [3.8, 4) is 56.6 Å². The lowest BCUT2D eigenvalue weighted by Crippen LogP contribution is -1.88. The Kier molecular flexibility index (Phi) is 5.91. The van der Waals surface area contributed by atoms with Gasteiger partial charge in [0.05, 0.1) is 11.1 Å². The second-order valence-electron chi connectivity index (χ2n) is 9.02. The molecular weight excluding hydrogens is 464 g/mol. The zero-order chi connectivity index (χ0) is 25.9. The number of pyridine rings is 2. The van der Waals surface area contributed by atoms with Gasteiger partial charge in [-0.2, -0.15) is 10.5 Å². The number of hydrogen-bond acceptors (Lipinski definition) is 4. The maximum Gasteiger partial charge on any atom is 0.101 e. The molecule has 0 unspecified atom stereocenters. The van der Waals surface area contributed by atoms with Crippen LogP contribution in [0.1, 0.15) is 11.1 Å². The third-order valence-corrected chi connectivity index (χ3v) is 6.67. The van der Waals surface area contributed by atoms with Gasteiger partial charge < -0.3 is 0 Å². The second kappa shape index (κ2) is 9.82. The molecule has 0 fully saturated rings. The Balaban J connectivity index is 1.45. The van der Waals surface area contributed by atoms with E-state index in [9.17, 15) is 10.5 Å². The monoisotopic (exact) mass is 484 g/mol. The van der Waals surface area contributed by atoms with E-state index in [1.165, 1.54) is 0 Å². The van der Waals surface area contributed by atoms with Gasteiger partial charge in [0, 0.05) is 35.9 Å². The normalized spacial score (nSPS) is 10.6. The van der Waals surface area contributed by atoms with Gasteiger partial charge >= 0.3 is 0 Å². The summed E-state index contributed by atoms with van der Waals surface area (Å²) in [5.74, 6) is 0. The molecule has 38 heavy (non-hydrogen) atoms. The molecule has 6 rings (SSSR count). The molecule has 2 heterocycles. The molecule has 0 bridgehead atoms. The molecule has 4 aromatic carbocycles. The summed E-state index contributed by atoms with van der Waals surface area (Å²) in [6.07, 6.45) is 6.72. The van der Waals surface area contributed by atoms with Crippen LogP contribution in [-0.2, 0) is 0 Å². The molecule has 0 saturated carbocycles. The Morgan fingerprint density at radius 1 is 0.421 bits per heavy atom. The minimum absolute atomic E-state index is 0.542. The Morgan fingerprint density at radius 3 is 1.29 bits per heavy atom. The van der Waals surface area contributed by atoms with Crippen LogP contribution in [0, 0.1) is 22.7 Å². The summed E-state index contributed by atoms with van der Waals surface area (Å²) in [5.41, 5.74) is 9.41. The number of hydrogen-bond donors (Lipinski definition) is 0. The van der Waals surface area contributed by atoms with Crippen molar-refractivity contribution in [2.45, 2.75) is 0 Å². The average molecular weight is 485 g/mol. The van der Waals surface area contributed by atoms with Crippen molar-refractivity contribution >= 4 is 10.8 Å². The lowest BCUT2D eigenvalue weighted by atomic mass is 9.91. The van der Waals surface area contributed by atoms with Gasteiger partial charge in [-0.05, 0) is 68.4 Å². The van der Waals surface area contributed by atoms with Gasteiger partial charge in [-0.15, -0.1) is 0 Å². The van der Waals surface area contributed by atoms with Gasteiger partial charge in [-0.1, -0.05) is 72.8 Å². The van der Waals surface area contributed by atoms with Crippen molar-refractivity contribution < 1.29 is 0 Å². The molecule has 0 aliphatic rings. The largest absolute Gasteiger partial charge is 0.263 e. The summed E-state index contributed by atoms with van der Waals surface area (Å²) in [6.45, 7) is 0. The molecule has 0 saturated heterocycles. The molecule has 0 N–H and O–H groups in total. The van der Waals surface area contributed by atoms with E-state index in [0.29, 0.717) is 11.1 Å². The predicted molar refractivity (Wildman–Crippen MR) is 151 cm³/mol. The standard InChI is InChI=1S/C34H20N4/c35-17-23-13-29(21-37-19-23)25-5-1-7-27(15-25)31-9-3-12-34-32(10-4-11-33(31)34)28-8-2-6-26(16-28)30-14-24(18-36)20-38-22-30/h1-16,19-22H. The van der Waals surface area contributed by atoms with E-state index in [0.717, 1.165) is 55.3 Å². The summed E-state index contributed by atoms with van der Waals surface area (Å²) >= 11 is 0. The highest BCUT2D eigenvalue weighted by Crippen LogP contribution is 2.37. The molecule has 176 valence electrons. The van der Waals surface area contributed by atoms with Crippen molar-refractivity contribution in [2.75, 3.05) is 0 Å². The Bertz CT molecular complexity index is 1770. The van der Waals surface area contributed by atoms with Crippen LogP contribution in [0.15, 0.2) is 122 Å². The van der Waals surface area contributed by atoms with Crippen LogP contribution in [0.25, 0.3) is 55.3 Å². The van der Waals surface area contributed by atoms with Gasteiger partial charge in [0.15, 0.2) is 0 Å². The molecule has 4 nitrogen and oxygen atoms in total. The smallest absolute Gasteiger partial charge is 0.101 e. The first-order valence-corrected chi connectivity index (χ1v) is 12.2. The molecule has 0 atom stereocenters. The van der Waals surface area contributed by atoms with Crippen molar-refractivity contribution in [1.29, 1.82) is 10.5 Å². The zero-order valence-electron chi connectivity index (χ0n) is 20.3. The fraction of sp³-hybridized carbons (Fsp3) is 0. The van der Waals surface area contributed by atoms with E-state index >= 15 is 0 Å². The predicted octanol–water partition coefficient (Wildman–Crippen LogP) is 8.04. The van der Waals surface area contributed by atoms with Crippen LogP contribution >= 0.6 is 0 Å². The van der Waals surface area contributed by atoms with Crippen molar-refractivity contribution in [2.24, 2.45) is 0 Å². The van der Waals surface area contributed by atoms with Crippen LogP contribution in [0.2, 0.25) is 0 Å². The molecule has 4 heteroatoms. The number of rotatable bonds is 4. The maximum atomic E-state index is 9.28. The van der Waals surface area contributed by atoms with E-state index in [1.807, 2.05) is 36.4 Å². The van der Waals surface area contributed by atoms with E-state index in [4.69, 9.17) is 0 Å². The fourth-order valence-electron chi connectivity index (χ4n) is 4.86. The summed E-state index contributed by atoms with van der Waals surface area (Å²) in [5, 5.41) is 20.9. The fourth-order valence-corrected chi connectivity index (χ4v) is 4.86. The first kappa shape index (κ1) is 22.9. The number of aromatic nitrogens is 2. The first-order chi connectivity index (χ1) is 18.7. The van der Waals surface area contributed by atoms with Crippen LogP contribution in [0.3, 0.4) is 0 Å². The van der Waals surface area contributed by atoms with Crippen molar-refractivity contribution in [1.82, 2.24) is 9.97 Å². The zero-order valence-corrected chi connectivity index (χ0v) is 20.3. The van der Waals surface area contributed by atoms with E-state index < -0.39 is 0 Å². The first-order valence-electron chi connectivity index (χ1n) is 12.2. The highest BCUT2D eigenvalue weighted by atomic mass is 14.6. The van der Waals surface area contributed by atoms with Crippen molar-refractivity contribution in [3.05, 3.63) is 133 Å². The summed E-state index contributed by atoms with van der Waals surface area (Å²) in [6, 6.07) is 37.5. The van der Waals surface area contributed by atoms with Gasteiger partial charge in [0.25, 0.3) is 0 Å². The van der Waals surface area contributed by atoms with Gasteiger partial charge in [0.1, 0.15) is 12.1 Å². The number of nitriles is 2. The van der Waals surface area contributed by atoms with Crippen LogP contribution < -0.4 is 0 Å². The van der Waals surface area contributed by atoms with Crippen LogP contribution in [0.5, 0.6) is 0 Å². The van der Waals surface area contributed by atoms with E-state index in [-0.39, 0.29) is 0 Å². The quantitative estimate of drug-likeness (QED) is 0.254. The van der Waals surface area contributed by atoms with E-state index in [1.54, 1.807) is 24.8 Å². The molecule has 0 amide bonds. The van der Waals surface area contributed by atoms with Crippen LogP contribution in [-0.4, -0.2) is 9.97 Å². The summed E-state index contributed by atoms with van der Waals surface area (Å²) in [7, 11) is 0. The number of benzene rings is 4. The van der Waals surface area contributed by atoms with Gasteiger partial charge in [-0.25, -0.2) is 0 Å². The Hall–Kier alpha value is -5.58. The molecular formula is C34H20N4. The SMILES string of the molecule is N#Cc1cncc(-c2cccc(-c3cccc4c(-c5cccc(-c6cncc(C#N)c6)c5)cccc34)c2)c1. The molecule has 0 aliphatic carbocycles. The highest BCUT2D eigenvalue weighted by molar-refractivity contribution is 6.05. The van der Waals surface area contributed by atoms with Crippen LogP contribution in [0.4, 0.5) is 0 Å². The Morgan fingerprint density at radius 2 is 0.842 bits per heavy atom. The van der Waals surface area contributed by atoms with Crippen molar-refractivity contribution in [3.63, 3.8) is 0 Å². The number of fused-ring (bicyclic) bond motifs is 1. The third-order valence-electron chi connectivity index (χ3n) is 6.67. The Labute approximate surface area is 220 Å². The minimum Gasteiger partial charge on any atom is -0.263 e.